The van der Waals surface area contributed by atoms with E-state index in [0.717, 1.165) is 16.9 Å². The fourth-order valence-electron chi connectivity index (χ4n) is 2.30. The van der Waals surface area contributed by atoms with Crippen LogP contribution in [0, 0.1) is 6.92 Å². The molecule has 25 heavy (non-hydrogen) atoms. The smallest absolute Gasteiger partial charge is 0.220 e. The first-order valence-electron chi connectivity index (χ1n) is 8.32. The minimum absolute atomic E-state index is 0.0253. The Morgan fingerprint density at radius 2 is 2.12 bits per heavy atom. The van der Waals surface area contributed by atoms with E-state index in [0.29, 0.717) is 43.5 Å². The Labute approximate surface area is 153 Å². The molecule has 0 spiro atoms. The summed E-state index contributed by atoms with van der Waals surface area (Å²) in [7, 11) is 0. The number of hydrogen-bond acceptors (Lipinski definition) is 4. The summed E-state index contributed by atoms with van der Waals surface area (Å²) in [6.45, 7) is 5.27. The first-order valence-corrected chi connectivity index (χ1v) is 8.70. The number of hydrogen-bond donors (Lipinski definition) is 1. The van der Waals surface area contributed by atoms with Gasteiger partial charge in [-0.1, -0.05) is 17.7 Å². The van der Waals surface area contributed by atoms with Crippen LogP contribution in [0.15, 0.2) is 36.5 Å². The van der Waals surface area contributed by atoms with E-state index in [9.17, 15) is 4.79 Å². The number of nitrogens with one attached hydrogen (secondary N) is 1. The Hall–Kier alpha value is -2.27. The van der Waals surface area contributed by atoms with E-state index in [1.165, 1.54) is 0 Å². The molecule has 1 N–H and O–H groups in total. The lowest BCUT2D eigenvalue weighted by atomic mass is 10.2. The van der Waals surface area contributed by atoms with Crippen LogP contribution >= 0.6 is 11.6 Å². The standard InChI is InChI=1S/C19H23ClN2O3/c1-3-24-19-15(6-4-10-21-19)13-22-18(23)7-5-11-25-17-9-8-16(20)12-14(17)2/h4,6,8-10,12H,3,5,7,11,13H2,1-2H3,(H,22,23). The SMILES string of the molecule is CCOc1ncccc1CNC(=O)CCCOc1ccc(Cl)cc1C. The summed E-state index contributed by atoms with van der Waals surface area (Å²) in [5.74, 6) is 1.33. The highest BCUT2D eigenvalue weighted by atomic mass is 35.5. The lowest BCUT2D eigenvalue weighted by Gasteiger charge is -2.11. The van der Waals surface area contributed by atoms with Gasteiger partial charge in [0.15, 0.2) is 0 Å². The summed E-state index contributed by atoms with van der Waals surface area (Å²) in [5.41, 5.74) is 1.85. The van der Waals surface area contributed by atoms with Crippen molar-refractivity contribution in [1.29, 1.82) is 0 Å². The number of benzene rings is 1. The van der Waals surface area contributed by atoms with Gasteiger partial charge in [-0.3, -0.25) is 4.79 Å². The zero-order valence-electron chi connectivity index (χ0n) is 14.5. The zero-order chi connectivity index (χ0) is 18.1. The van der Waals surface area contributed by atoms with Gasteiger partial charge in [0, 0.05) is 29.7 Å². The predicted octanol–water partition coefficient (Wildman–Crippen LogP) is 3.92. The molecule has 1 heterocycles. The summed E-state index contributed by atoms with van der Waals surface area (Å²) in [6.07, 6.45) is 2.71. The Balaban J connectivity index is 1.71. The van der Waals surface area contributed by atoms with Crippen LogP contribution in [0.5, 0.6) is 11.6 Å². The van der Waals surface area contributed by atoms with E-state index in [4.69, 9.17) is 21.1 Å². The molecule has 2 aromatic rings. The highest BCUT2D eigenvalue weighted by Crippen LogP contribution is 2.22. The van der Waals surface area contributed by atoms with Crippen molar-refractivity contribution in [3.63, 3.8) is 0 Å². The van der Waals surface area contributed by atoms with Gasteiger partial charge in [-0.15, -0.1) is 0 Å². The Morgan fingerprint density at radius 1 is 1.28 bits per heavy atom. The summed E-state index contributed by atoms with van der Waals surface area (Å²) in [6, 6.07) is 9.21. The highest BCUT2D eigenvalue weighted by molar-refractivity contribution is 6.30. The number of halogens is 1. The van der Waals surface area contributed by atoms with Crippen LogP contribution in [0.25, 0.3) is 0 Å². The third-order valence-corrected chi connectivity index (χ3v) is 3.78. The van der Waals surface area contributed by atoms with Gasteiger partial charge >= 0.3 is 0 Å². The Bertz CT molecular complexity index is 707. The number of ether oxygens (including phenoxy) is 2. The van der Waals surface area contributed by atoms with Gasteiger partial charge in [0.25, 0.3) is 0 Å². The van der Waals surface area contributed by atoms with Crippen molar-refractivity contribution in [2.45, 2.75) is 33.2 Å². The molecule has 0 bridgehead atoms. The maximum absolute atomic E-state index is 12.0. The number of carbonyl (C=O) groups excluding carboxylic acids is 1. The molecule has 2 rings (SSSR count). The van der Waals surface area contributed by atoms with Crippen molar-refractivity contribution in [3.05, 3.63) is 52.7 Å². The minimum Gasteiger partial charge on any atom is -0.493 e. The molecule has 0 aliphatic carbocycles. The maximum atomic E-state index is 12.0. The summed E-state index contributed by atoms with van der Waals surface area (Å²) < 4.78 is 11.1. The van der Waals surface area contributed by atoms with Gasteiger partial charge in [-0.2, -0.15) is 0 Å². The molecule has 0 atom stereocenters. The number of aromatic nitrogens is 1. The molecule has 0 aliphatic rings. The normalized spacial score (nSPS) is 10.4. The van der Waals surface area contributed by atoms with E-state index in [2.05, 4.69) is 10.3 Å². The van der Waals surface area contributed by atoms with Crippen molar-refractivity contribution in [1.82, 2.24) is 10.3 Å². The molecular formula is C19H23ClN2O3. The second-order valence-electron chi connectivity index (χ2n) is 5.54. The molecule has 0 saturated heterocycles. The van der Waals surface area contributed by atoms with E-state index in [1.54, 1.807) is 12.3 Å². The average Bonchev–Trinajstić information content (AvgIpc) is 2.60. The van der Waals surface area contributed by atoms with Gasteiger partial charge in [-0.25, -0.2) is 4.98 Å². The van der Waals surface area contributed by atoms with Gasteiger partial charge < -0.3 is 14.8 Å². The first kappa shape index (κ1) is 19.1. The molecule has 5 nitrogen and oxygen atoms in total. The molecule has 0 fully saturated rings. The zero-order valence-corrected chi connectivity index (χ0v) is 15.3. The van der Waals surface area contributed by atoms with E-state index in [-0.39, 0.29) is 5.91 Å². The predicted molar refractivity (Wildman–Crippen MR) is 98.2 cm³/mol. The lowest BCUT2D eigenvalue weighted by Crippen LogP contribution is -2.23. The van der Waals surface area contributed by atoms with Crippen molar-refractivity contribution >= 4 is 17.5 Å². The van der Waals surface area contributed by atoms with Crippen LogP contribution in [0.4, 0.5) is 0 Å². The molecule has 1 amide bonds. The van der Waals surface area contributed by atoms with Crippen molar-refractivity contribution in [2.24, 2.45) is 0 Å². The van der Waals surface area contributed by atoms with Crippen LogP contribution in [0.1, 0.15) is 30.9 Å². The van der Waals surface area contributed by atoms with E-state index < -0.39 is 0 Å². The summed E-state index contributed by atoms with van der Waals surface area (Å²) >= 11 is 5.91. The maximum Gasteiger partial charge on any atom is 0.220 e. The number of amides is 1. The van der Waals surface area contributed by atoms with E-state index >= 15 is 0 Å². The first-order chi connectivity index (χ1) is 12.1. The monoisotopic (exact) mass is 362 g/mol. The molecule has 1 aromatic heterocycles. The topological polar surface area (TPSA) is 60.5 Å². The third kappa shape index (κ3) is 6.27. The second-order valence-corrected chi connectivity index (χ2v) is 5.98. The molecule has 0 saturated carbocycles. The second kappa shape index (κ2) is 9.89. The Morgan fingerprint density at radius 3 is 2.88 bits per heavy atom. The van der Waals surface area contributed by atoms with Crippen molar-refractivity contribution < 1.29 is 14.3 Å². The highest BCUT2D eigenvalue weighted by Gasteiger charge is 2.07. The van der Waals surface area contributed by atoms with Crippen LogP contribution in [0.2, 0.25) is 5.02 Å². The summed E-state index contributed by atoms with van der Waals surface area (Å²) in [4.78, 5) is 16.1. The quantitative estimate of drug-likeness (QED) is 0.687. The van der Waals surface area contributed by atoms with Crippen LogP contribution < -0.4 is 14.8 Å². The number of rotatable bonds is 9. The van der Waals surface area contributed by atoms with Gasteiger partial charge in [0.2, 0.25) is 11.8 Å². The fourth-order valence-corrected chi connectivity index (χ4v) is 2.52. The van der Waals surface area contributed by atoms with E-state index in [1.807, 2.05) is 38.1 Å². The third-order valence-electron chi connectivity index (χ3n) is 3.55. The van der Waals surface area contributed by atoms with Crippen molar-refractivity contribution in [3.8, 4) is 11.6 Å². The molecule has 134 valence electrons. The van der Waals surface area contributed by atoms with Crippen LogP contribution in [0.3, 0.4) is 0 Å². The molecule has 1 aromatic carbocycles. The van der Waals surface area contributed by atoms with Gasteiger partial charge in [0.1, 0.15) is 5.75 Å². The van der Waals surface area contributed by atoms with Crippen LogP contribution in [-0.2, 0) is 11.3 Å². The minimum atomic E-state index is -0.0253. The fraction of sp³-hybridized carbons (Fsp3) is 0.368. The molecular weight excluding hydrogens is 340 g/mol. The molecule has 0 aliphatic heterocycles. The molecule has 0 unspecified atom stereocenters. The number of pyridine rings is 1. The Kier molecular flexibility index (Phi) is 7.54. The average molecular weight is 363 g/mol. The van der Waals surface area contributed by atoms with Gasteiger partial charge in [0.05, 0.1) is 13.2 Å². The van der Waals surface area contributed by atoms with Gasteiger partial charge in [-0.05, 0) is 50.1 Å². The summed E-state index contributed by atoms with van der Waals surface area (Å²) in [5, 5.41) is 3.57. The number of nitrogens with zero attached hydrogens (tertiary/aromatic N) is 1. The van der Waals surface area contributed by atoms with Crippen LogP contribution in [-0.4, -0.2) is 24.1 Å². The molecule has 6 heteroatoms. The molecule has 0 radical (unpaired) electrons. The lowest BCUT2D eigenvalue weighted by molar-refractivity contribution is -0.121. The number of aryl methyl sites for hydroxylation is 1. The number of carbonyl (C=O) groups is 1. The van der Waals surface area contributed by atoms with Crippen molar-refractivity contribution in [2.75, 3.05) is 13.2 Å². The largest absolute Gasteiger partial charge is 0.493 e.